The number of thioether (sulfide) groups is 1. The zero-order valence-electron chi connectivity index (χ0n) is 22.3. The Bertz CT molecular complexity index is 886. The second-order valence-electron chi connectivity index (χ2n) is 9.26. The van der Waals surface area contributed by atoms with E-state index in [0.29, 0.717) is 13.0 Å². The lowest BCUT2D eigenvalue weighted by Crippen LogP contribution is -2.37. The second kappa shape index (κ2) is 17.5. The maximum absolute atomic E-state index is 11.9. The van der Waals surface area contributed by atoms with Crippen LogP contribution in [0.5, 0.6) is 0 Å². The number of carbonyl (C=O) groups is 2. The van der Waals surface area contributed by atoms with Gasteiger partial charge >= 0.3 is 0 Å². The molecule has 2 heterocycles. The number of hydrogen-bond donors (Lipinski definition) is 2. The number of rotatable bonds is 6. The predicted molar refractivity (Wildman–Crippen MR) is 151 cm³/mol. The summed E-state index contributed by atoms with van der Waals surface area (Å²) in [6.45, 7) is 9.33. The molecular weight excluding hydrogens is 474 g/mol. The fourth-order valence-corrected chi connectivity index (χ4v) is 4.91. The van der Waals surface area contributed by atoms with Crippen molar-refractivity contribution in [2.75, 3.05) is 51.5 Å². The summed E-state index contributed by atoms with van der Waals surface area (Å²) in [5.74, 6) is 2.70. The summed E-state index contributed by atoms with van der Waals surface area (Å²) in [5.41, 5.74) is 2.65. The standard InChI is InChI=1S/C12H12.C11H20N2O4.C5H11NS.H2/c1-9-3-5-12-8-10(2)4-6-11(12)7-9;1-9(14)7-13-5-3-4-10(6-11(13)15)12-8-17-16-2;1-2-6-3-5-7-4-1;/h3-8H,1-2H3;10,12H,3-8H2,1-2H3;6H,1-5H2;1H/t;10-;;/m.0../s1. The van der Waals surface area contributed by atoms with Gasteiger partial charge in [0.05, 0.1) is 13.7 Å². The van der Waals surface area contributed by atoms with Crippen LogP contribution >= 0.6 is 11.8 Å². The zero-order valence-corrected chi connectivity index (χ0v) is 23.1. The van der Waals surface area contributed by atoms with Crippen molar-refractivity contribution in [1.82, 2.24) is 15.5 Å². The van der Waals surface area contributed by atoms with Gasteiger partial charge in [0.1, 0.15) is 12.5 Å². The number of nitrogens with zero attached hydrogens (tertiary/aromatic N) is 1. The molecule has 0 aromatic heterocycles. The number of nitrogens with one attached hydrogen (secondary N) is 2. The molecule has 0 bridgehead atoms. The van der Waals surface area contributed by atoms with E-state index in [0.717, 1.165) is 12.8 Å². The van der Waals surface area contributed by atoms with Gasteiger partial charge in [-0.15, -0.1) is 0 Å². The Labute approximate surface area is 222 Å². The van der Waals surface area contributed by atoms with E-state index < -0.39 is 0 Å². The Morgan fingerprint density at radius 1 is 1.11 bits per heavy atom. The number of fused-ring (bicyclic) bond motifs is 1. The molecule has 0 aliphatic carbocycles. The largest absolute Gasteiger partial charge is 0.335 e. The smallest absolute Gasteiger partial charge is 0.224 e. The highest BCUT2D eigenvalue weighted by Crippen LogP contribution is 2.17. The van der Waals surface area contributed by atoms with Gasteiger partial charge in [0.2, 0.25) is 5.91 Å². The molecule has 7 nitrogen and oxygen atoms in total. The van der Waals surface area contributed by atoms with E-state index in [2.05, 4.69) is 77.5 Å². The Kier molecular flexibility index (Phi) is 14.7. The Balaban J connectivity index is 0.000000297. The molecule has 0 spiro atoms. The normalized spacial score (nSPS) is 18.3. The van der Waals surface area contributed by atoms with Crippen LogP contribution in [0.4, 0.5) is 0 Å². The maximum Gasteiger partial charge on any atom is 0.224 e. The summed E-state index contributed by atoms with van der Waals surface area (Å²) in [5, 5.41) is 9.08. The van der Waals surface area contributed by atoms with E-state index >= 15 is 0 Å². The number of carbonyl (C=O) groups excluding carboxylic acids is 2. The summed E-state index contributed by atoms with van der Waals surface area (Å²) in [4.78, 5) is 33.7. The van der Waals surface area contributed by atoms with Gasteiger partial charge in [0.15, 0.2) is 0 Å². The number of likely N-dealkylation sites (tertiary alicyclic amines) is 1. The van der Waals surface area contributed by atoms with Gasteiger partial charge in [0.25, 0.3) is 0 Å². The molecule has 4 rings (SSSR count). The Morgan fingerprint density at radius 2 is 1.81 bits per heavy atom. The minimum Gasteiger partial charge on any atom is -0.335 e. The minimum atomic E-state index is 0. The van der Waals surface area contributed by atoms with Gasteiger partial charge in [0, 0.05) is 32.7 Å². The van der Waals surface area contributed by atoms with Crippen molar-refractivity contribution in [2.24, 2.45) is 0 Å². The molecule has 2 aromatic rings. The monoisotopic (exact) mass is 519 g/mol. The third kappa shape index (κ3) is 12.3. The van der Waals surface area contributed by atoms with Gasteiger partial charge in [-0.3, -0.25) is 14.9 Å². The molecule has 2 aliphatic rings. The molecule has 2 aliphatic heterocycles. The zero-order chi connectivity index (χ0) is 26.2. The number of hydrogen-bond acceptors (Lipinski definition) is 7. The molecule has 2 N–H and O–H groups in total. The second-order valence-corrected chi connectivity index (χ2v) is 10.5. The number of aryl methyl sites for hydroxylation is 2. The predicted octanol–water partition coefficient (Wildman–Crippen LogP) is 4.50. The van der Waals surface area contributed by atoms with E-state index in [4.69, 9.17) is 4.89 Å². The molecule has 2 saturated heterocycles. The highest BCUT2D eigenvalue weighted by atomic mass is 32.2. The Morgan fingerprint density at radius 3 is 2.44 bits per heavy atom. The van der Waals surface area contributed by atoms with E-state index in [9.17, 15) is 9.59 Å². The molecule has 0 unspecified atom stereocenters. The van der Waals surface area contributed by atoms with E-state index in [-0.39, 0.29) is 32.4 Å². The van der Waals surface area contributed by atoms with Crippen LogP contribution < -0.4 is 10.6 Å². The lowest BCUT2D eigenvalue weighted by molar-refractivity contribution is -0.278. The molecule has 0 saturated carbocycles. The van der Waals surface area contributed by atoms with Crippen molar-refractivity contribution in [3.05, 3.63) is 47.5 Å². The fourth-order valence-electron chi connectivity index (χ4n) is 4.07. The average Bonchev–Trinajstić information content (AvgIpc) is 3.25. The summed E-state index contributed by atoms with van der Waals surface area (Å²) < 4.78 is 0. The van der Waals surface area contributed by atoms with Gasteiger partial charge in [-0.05, 0) is 63.1 Å². The first-order valence-electron chi connectivity index (χ1n) is 12.8. The van der Waals surface area contributed by atoms with Crippen molar-refractivity contribution in [3.63, 3.8) is 0 Å². The van der Waals surface area contributed by atoms with Gasteiger partial charge in [-0.1, -0.05) is 47.5 Å². The third-order valence-electron chi connectivity index (χ3n) is 5.93. The average molecular weight is 520 g/mol. The van der Waals surface area contributed by atoms with Crippen molar-refractivity contribution >= 4 is 34.2 Å². The number of benzene rings is 2. The quantitative estimate of drug-likeness (QED) is 0.252. The van der Waals surface area contributed by atoms with Gasteiger partial charge in [-0.2, -0.15) is 11.8 Å². The van der Waals surface area contributed by atoms with Crippen LogP contribution in [0.15, 0.2) is 36.4 Å². The van der Waals surface area contributed by atoms with Gasteiger partial charge < -0.3 is 10.2 Å². The number of Topliss-reactive ketones (excluding diaryl/α,β-unsaturated/α-hetero) is 1. The molecule has 8 heteroatoms. The molecule has 1 amide bonds. The Hall–Kier alpha value is -1.97. The summed E-state index contributed by atoms with van der Waals surface area (Å²) in [6, 6.07) is 13.2. The molecular formula is C28H45N3O4S. The molecule has 1 atom stereocenters. The highest BCUT2D eigenvalue weighted by Gasteiger charge is 2.23. The molecule has 36 heavy (non-hydrogen) atoms. The molecule has 0 radical (unpaired) electrons. The third-order valence-corrected chi connectivity index (χ3v) is 7.00. The van der Waals surface area contributed by atoms with Crippen LogP contribution in [0.1, 0.15) is 45.2 Å². The lowest BCUT2D eigenvalue weighted by atomic mass is 10.1. The first kappa shape index (κ1) is 30.3. The molecule has 2 fully saturated rings. The van der Waals surface area contributed by atoms with Crippen LogP contribution in [0.2, 0.25) is 0 Å². The van der Waals surface area contributed by atoms with Crippen LogP contribution in [-0.4, -0.2) is 74.2 Å². The van der Waals surface area contributed by atoms with Crippen molar-refractivity contribution in [3.8, 4) is 0 Å². The first-order valence-corrected chi connectivity index (χ1v) is 14.0. The fraction of sp³-hybridized carbons (Fsp3) is 0.571. The minimum absolute atomic E-state index is 0. The van der Waals surface area contributed by atoms with Crippen molar-refractivity contribution in [1.29, 1.82) is 0 Å². The molecule has 202 valence electrons. The van der Waals surface area contributed by atoms with Crippen molar-refractivity contribution in [2.45, 2.75) is 52.5 Å². The molecule has 2 aromatic carbocycles. The SMILES string of the molecule is C1CNCCSC1.COOCN[C@H]1CCCN(CC(C)=O)C(=O)C1.Cc1ccc2cc(C)ccc2c1.[HH]. The van der Waals surface area contributed by atoms with Crippen LogP contribution in [0.25, 0.3) is 10.8 Å². The van der Waals surface area contributed by atoms with Gasteiger partial charge in [-0.25, -0.2) is 9.78 Å². The van der Waals surface area contributed by atoms with Crippen molar-refractivity contribution < 1.29 is 20.8 Å². The number of ketones is 1. The highest BCUT2D eigenvalue weighted by molar-refractivity contribution is 7.99. The number of amides is 1. The van der Waals surface area contributed by atoms with E-state index in [1.165, 1.54) is 66.9 Å². The van der Waals surface area contributed by atoms with E-state index in [1.807, 2.05) is 0 Å². The van der Waals surface area contributed by atoms with E-state index in [1.54, 1.807) is 4.90 Å². The summed E-state index contributed by atoms with van der Waals surface area (Å²) >= 11 is 2.05. The lowest BCUT2D eigenvalue weighted by Gasteiger charge is -2.19. The maximum atomic E-state index is 11.9. The van der Waals surface area contributed by atoms with Crippen LogP contribution in [0.3, 0.4) is 0 Å². The summed E-state index contributed by atoms with van der Waals surface area (Å²) in [6.07, 6.45) is 3.54. The van der Waals surface area contributed by atoms with Crippen LogP contribution in [0, 0.1) is 13.8 Å². The topological polar surface area (TPSA) is 79.9 Å². The van der Waals surface area contributed by atoms with Crippen LogP contribution in [-0.2, 0) is 19.4 Å². The first-order chi connectivity index (χ1) is 17.4. The summed E-state index contributed by atoms with van der Waals surface area (Å²) in [7, 11) is 1.44.